The number of esters is 2. The Hall–Kier alpha value is -1.80. The van der Waals surface area contributed by atoms with Crippen LogP contribution in [0, 0.1) is 0 Å². The van der Waals surface area contributed by atoms with E-state index in [2.05, 4.69) is 9.47 Å². The molecule has 0 fully saturated rings. The zero-order valence-corrected chi connectivity index (χ0v) is 12.2. The Bertz CT molecular complexity index is 286. The minimum absolute atomic E-state index is 0.0625. The summed E-state index contributed by atoms with van der Waals surface area (Å²) in [5.41, 5.74) is 0. The highest BCUT2D eigenvalue weighted by Crippen LogP contribution is 1.87. The van der Waals surface area contributed by atoms with E-state index in [9.17, 15) is 19.2 Å². The van der Waals surface area contributed by atoms with Crippen molar-refractivity contribution >= 4 is 23.5 Å². The van der Waals surface area contributed by atoms with Crippen molar-refractivity contribution in [1.29, 1.82) is 0 Å². The highest BCUT2D eigenvalue weighted by Gasteiger charge is 2.08. The molecule has 0 rings (SSSR count). The zero-order chi connectivity index (χ0) is 16.6. The lowest BCUT2D eigenvalue weighted by Gasteiger charge is -1.98. The van der Waals surface area contributed by atoms with Crippen LogP contribution in [0.1, 0.15) is 33.6 Å². The van der Waals surface area contributed by atoms with Gasteiger partial charge in [0.1, 0.15) is 24.8 Å². The van der Waals surface area contributed by atoms with E-state index in [0.29, 0.717) is 0 Å². The summed E-state index contributed by atoms with van der Waals surface area (Å²) in [7, 11) is 1.22. The van der Waals surface area contributed by atoms with Gasteiger partial charge in [0.2, 0.25) is 0 Å². The Kier molecular flexibility index (Phi) is 20.0. The number of aliphatic hydroxyl groups is 2. The number of rotatable bonds is 5. The largest absolute Gasteiger partial charge is 0.469 e. The minimum Gasteiger partial charge on any atom is -0.469 e. The Morgan fingerprint density at radius 2 is 1.30 bits per heavy atom. The summed E-state index contributed by atoms with van der Waals surface area (Å²) in [5, 5.41) is 14.2. The third-order valence-electron chi connectivity index (χ3n) is 1.32. The molecule has 20 heavy (non-hydrogen) atoms. The molecule has 8 nitrogen and oxygen atoms in total. The summed E-state index contributed by atoms with van der Waals surface area (Å²) in [4.78, 5) is 40.9. The predicted molar refractivity (Wildman–Crippen MR) is 68.5 cm³/mol. The van der Waals surface area contributed by atoms with E-state index in [0.717, 1.165) is 0 Å². The van der Waals surface area contributed by atoms with E-state index < -0.39 is 18.7 Å². The molecule has 0 aliphatic heterocycles. The van der Waals surface area contributed by atoms with Crippen molar-refractivity contribution in [2.75, 3.05) is 20.5 Å². The van der Waals surface area contributed by atoms with Gasteiger partial charge in [-0.1, -0.05) is 0 Å². The molecule has 0 bridgehead atoms. The first kappa shape index (κ1) is 23.3. The fourth-order valence-electron chi connectivity index (χ4n) is 0.753. The maximum atomic E-state index is 10.5. The van der Waals surface area contributed by atoms with Crippen LogP contribution < -0.4 is 0 Å². The molecule has 0 spiro atoms. The van der Waals surface area contributed by atoms with Crippen LogP contribution >= 0.6 is 0 Å². The van der Waals surface area contributed by atoms with Crippen molar-refractivity contribution in [3.05, 3.63) is 0 Å². The van der Waals surface area contributed by atoms with Gasteiger partial charge in [-0.25, -0.2) is 0 Å². The van der Waals surface area contributed by atoms with Gasteiger partial charge in [-0.15, -0.1) is 0 Å². The standard InChI is InChI=1S/C6H10O4.C5H8O2.CH4O2/c1-3-10-6(8)4-5(7)9-2;1-4(6)3-5(2)7;2-1-3/h3-4H2,1-2H3;3H2,1-2H3;2-3H,1H2. The number of hydrogen-bond acceptors (Lipinski definition) is 8. The van der Waals surface area contributed by atoms with Gasteiger partial charge in [0.15, 0.2) is 0 Å². The van der Waals surface area contributed by atoms with Gasteiger partial charge in [0, 0.05) is 0 Å². The molecule has 0 aliphatic carbocycles. The van der Waals surface area contributed by atoms with Crippen LogP contribution in [0.15, 0.2) is 0 Å². The molecule has 0 aromatic carbocycles. The van der Waals surface area contributed by atoms with Crippen molar-refractivity contribution < 1.29 is 38.9 Å². The van der Waals surface area contributed by atoms with Gasteiger partial charge in [0.05, 0.1) is 20.1 Å². The van der Waals surface area contributed by atoms with Crippen LogP contribution in [-0.4, -0.2) is 54.2 Å². The van der Waals surface area contributed by atoms with Crippen molar-refractivity contribution in [3.8, 4) is 0 Å². The van der Waals surface area contributed by atoms with Crippen LogP contribution in [-0.2, 0) is 28.7 Å². The monoisotopic (exact) mass is 294 g/mol. The lowest BCUT2D eigenvalue weighted by atomic mass is 10.2. The van der Waals surface area contributed by atoms with Gasteiger partial charge in [-0.05, 0) is 20.8 Å². The number of hydrogen-bond donors (Lipinski definition) is 2. The maximum absolute atomic E-state index is 10.5. The van der Waals surface area contributed by atoms with E-state index >= 15 is 0 Å². The summed E-state index contributed by atoms with van der Waals surface area (Å²) >= 11 is 0. The van der Waals surface area contributed by atoms with E-state index in [-0.39, 0.29) is 31.0 Å². The fourth-order valence-corrected chi connectivity index (χ4v) is 0.753. The quantitative estimate of drug-likeness (QED) is 0.398. The number of aliphatic hydroxyl groups excluding tert-OH is 1. The van der Waals surface area contributed by atoms with E-state index in [1.165, 1.54) is 21.0 Å². The molecule has 0 aliphatic rings. The number of ketones is 2. The highest BCUT2D eigenvalue weighted by molar-refractivity contribution is 5.96. The number of ether oxygens (including phenoxy) is 2. The number of carbonyl (C=O) groups excluding carboxylic acids is 4. The molecular formula is C12H22O8. The van der Waals surface area contributed by atoms with Gasteiger partial charge in [-0.3, -0.25) is 19.2 Å². The van der Waals surface area contributed by atoms with Crippen LogP contribution in [0.5, 0.6) is 0 Å². The molecule has 8 heteroatoms. The number of carbonyl (C=O) groups is 4. The first-order valence-corrected chi connectivity index (χ1v) is 5.68. The van der Waals surface area contributed by atoms with Crippen molar-refractivity contribution in [1.82, 2.24) is 0 Å². The lowest BCUT2D eigenvalue weighted by molar-refractivity contribution is -0.152. The molecule has 0 aromatic rings. The molecule has 0 amide bonds. The molecule has 0 saturated carbocycles. The van der Waals surface area contributed by atoms with Gasteiger partial charge in [0.25, 0.3) is 0 Å². The Morgan fingerprint density at radius 1 is 0.900 bits per heavy atom. The summed E-state index contributed by atoms with van der Waals surface area (Å²) in [6.07, 6.45) is -0.218. The second kappa shape index (κ2) is 17.2. The van der Waals surface area contributed by atoms with E-state index in [4.69, 9.17) is 10.2 Å². The fraction of sp³-hybridized carbons (Fsp3) is 0.667. The Labute approximate surface area is 117 Å². The first-order chi connectivity index (χ1) is 9.24. The highest BCUT2D eigenvalue weighted by atomic mass is 16.5. The average Bonchev–Trinajstić information content (AvgIpc) is 2.29. The molecule has 0 heterocycles. The number of Topliss-reactive ketones (excluding diaryl/α,β-unsaturated/α-hetero) is 2. The lowest BCUT2D eigenvalue weighted by Crippen LogP contribution is -2.11. The second-order valence-electron chi connectivity index (χ2n) is 3.28. The first-order valence-electron chi connectivity index (χ1n) is 5.68. The van der Waals surface area contributed by atoms with Crippen molar-refractivity contribution in [2.24, 2.45) is 0 Å². The van der Waals surface area contributed by atoms with Gasteiger partial charge >= 0.3 is 11.9 Å². The average molecular weight is 294 g/mol. The smallest absolute Gasteiger partial charge is 0.317 e. The topological polar surface area (TPSA) is 127 Å². The molecule has 2 N–H and O–H groups in total. The molecule has 0 radical (unpaired) electrons. The molecular weight excluding hydrogens is 272 g/mol. The van der Waals surface area contributed by atoms with Crippen LogP contribution in [0.4, 0.5) is 0 Å². The molecule has 0 saturated heterocycles. The van der Waals surface area contributed by atoms with E-state index in [1.54, 1.807) is 6.92 Å². The van der Waals surface area contributed by atoms with E-state index in [1.807, 2.05) is 0 Å². The Balaban J connectivity index is -0.000000251. The molecule has 118 valence electrons. The van der Waals surface area contributed by atoms with Gasteiger partial charge in [-0.2, -0.15) is 0 Å². The molecule has 0 atom stereocenters. The van der Waals surface area contributed by atoms with Gasteiger partial charge < -0.3 is 19.7 Å². The Morgan fingerprint density at radius 3 is 1.50 bits per heavy atom. The van der Waals surface area contributed by atoms with Crippen molar-refractivity contribution in [3.63, 3.8) is 0 Å². The number of methoxy groups -OCH3 is 1. The summed E-state index contributed by atoms with van der Waals surface area (Å²) in [6.45, 7) is 4.02. The van der Waals surface area contributed by atoms with Crippen LogP contribution in [0.25, 0.3) is 0 Å². The summed E-state index contributed by atoms with van der Waals surface area (Å²) in [5.74, 6) is -1.24. The minimum atomic E-state index is -0.750. The maximum Gasteiger partial charge on any atom is 0.317 e. The third kappa shape index (κ3) is 29.8. The second-order valence-corrected chi connectivity index (χ2v) is 3.28. The predicted octanol–water partition coefficient (Wildman–Crippen LogP) is -0.404. The molecule has 0 unspecified atom stereocenters. The van der Waals surface area contributed by atoms with Crippen LogP contribution in [0.3, 0.4) is 0 Å². The van der Waals surface area contributed by atoms with Crippen molar-refractivity contribution in [2.45, 2.75) is 33.6 Å². The summed E-state index contributed by atoms with van der Waals surface area (Å²) in [6, 6.07) is 0. The summed E-state index contributed by atoms with van der Waals surface area (Å²) < 4.78 is 8.70. The normalized spacial score (nSPS) is 8.10. The third-order valence-corrected chi connectivity index (χ3v) is 1.32. The zero-order valence-electron chi connectivity index (χ0n) is 12.2. The molecule has 0 aromatic heterocycles. The SMILES string of the molecule is CC(=O)CC(C)=O.CCOC(=O)CC(=O)OC.OCO. The van der Waals surface area contributed by atoms with Crippen LogP contribution in [0.2, 0.25) is 0 Å².